The van der Waals surface area contributed by atoms with Crippen molar-refractivity contribution in [1.29, 1.82) is 0 Å². The third-order valence-corrected chi connectivity index (χ3v) is 9.02. The van der Waals surface area contributed by atoms with Crippen LogP contribution in [-0.4, -0.2) is 23.7 Å². The Morgan fingerprint density at radius 2 is 1.15 bits per heavy atom. The maximum atomic E-state index is 5.84. The summed E-state index contributed by atoms with van der Waals surface area (Å²) in [4.78, 5) is 0. The summed E-state index contributed by atoms with van der Waals surface area (Å²) in [5.41, 5.74) is 0. The van der Waals surface area contributed by atoms with Gasteiger partial charge in [0.25, 0.3) is 0 Å². The summed E-state index contributed by atoms with van der Waals surface area (Å²) < 4.78 is 5.84. The molecule has 1 heterocycles. The van der Waals surface area contributed by atoms with Crippen molar-refractivity contribution in [1.82, 2.24) is 0 Å². The fourth-order valence-electron chi connectivity index (χ4n) is 5.25. The number of hydrogen-bond acceptors (Lipinski definition) is 2. The van der Waals surface area contributed by atoms with E-state index in [1.54, 1.807) is 0 Å². The third kappa shape index (κ3) is 21.3. The van der Waals surface area contributed by atoms with Crippen LogP contribution in [0.4, 0.5) is 0 Å². The predicted octanol–water partition coefficient (Wildman–Crippen LogP) is 11.3. The van der Waals surface area contributed by atoms with Crippen LogP contribution in [0.15, 0.2) is 0 Å². The summed E-state index contributed by atoms with van der Waals surface area (Å²) in [6.45, 7) is 5.68. The first-order valence-electron chi connectivity index (χ1n) is 15.6. The second-order valence-corrected chi connectivity index (χ2v) is 12.3. The van der Waals surface area contributed by atoms with Gasteiger partial charge in [0.05, 0.1) is 6.10 Å². The largest absolute Gasteiger partial charge is 0.378 e. The Balaban J connectivity index is 1.84. The number of ether oxygens (including phenoxy) is 1. The summed E-state index contributed by atoms with van der Waals surface area (Å²) in [7, 11) is 0. The Labute approximate surface area is 214 Å². The fraction of sp³-hybridized carbons (Fsp3) is 1.00. The van der Waals surface area contributed by atoms with Gasteiger partial charge in [-0.25, -0.2) is 0 Å². The van der Waals surface area contributed by atoms with Crippen LogP contribution in [0.25, 0.3) is 0 Å². The zero-order valence-electron chi connectivity index (χ0n) is 23.1. The molecule has 2 unspecified atom stereocenters. The van der Waals surface area contributed by atoms with Gasteiger partial charge in [-0.2, -0.15) is 11.8 Å². The van der Waals surface area contributed by atoms with Gasteiger partial charge in [-0.15, -0.1) is 0 Å². The van der Waals surface area contributed by atoms with E-state index in [0.717, 1.165) is 11.9 Å². The van der Waals surface area contributed by atoms with Gasteiger partial charge in [0.1, 0.15) is 0 Å². The van der Waals surface area contributed by atoms with Crippen molar-refractivity contribution in [2.75, 3.05) is 12.4 Å². The molecule has 2 atom stereocenters. The number of unbranched alkanes of at least 4 members (excludes halogenated alkanes) is 16. The van der Waals surface area contributed by atoms with Gasteiger partial charge in [-0.1, -0.05) is 129 Å². The Hall–Kier alpha value is 0.310. The Kier molecular flexibility index (Phi) is 24.1. The Morgan fingerprint density at radius 1 is 0.606 bits per heavy atom. The first kappa shape index (κ1) is 31.3. The molecule has 1 saturated heterocycles. The molecule has 198 valence electrons. The maximum absolute atomic E-state index is 5.84. The molecule has 1 aliphatic rings. The molecule has 33 heavy (non-hydrogen) atoms. The predicted molar refractivity (Wildman–Crippen MR) is 153 cm³/mol. The van der Waals surface area contributed by atoms with Gasteiger partial charge in [0.2, 0.25) is 0 Å². The highest BCUT2D eigenvalue weighted by Crippen LogP contribution is 2.25. The van der Waals surface area contributed by atoms with E-state index in [0.29, 0.717) is 6.10 Å². The molecule has 1 rings (SSSR count). The monoisotopic (exact) mass is 482 g/mol. The molecule has 0 aliphatic carbocycles. The highest BCUT2D eigenvalue weighted by Gasteiger charge is 2.12. The van der Waals surface area contributed by atoms with Crippen LogP contribution in [0.1, 0.15) is 174 Å². The minimum atomic E-state index is 0.596. The van der Waals surface area contributed by atoms with Crippen LogP contribution in [0.3, 0.4) is 0 Å². The van der Waals surface area contributed by atoms with Gasteiger partial charge in [-0.3, -0.25) is 0 Å². The highest BCUT2D eigenvalue weighted by atomic mass is 32.2. The maximum Gasteiger partial charge on any atom is 0.0575 e. The summed E-state index contributed by atoms with van der Waals surface area (Å²) in [5.74, 6) is 1.41. The normalized spacial score (nSPS) is 17.5. The van der Waals surface area contributed by atoms with E-state index in [9.17, 15) is 0 Å². The first-order chi connectivity index (χ1) is 16.4. The minimum Gasteiger partial charge on any atom is -0.378 e. The van der Waals surface area contributed by atoms with E-state index in [-0.39, 0.29) is 0 Å². The van der Waals surface area contributed by atoms with E-state index in [2.05, 4.69) is 25.6 Å². The number of thioether (sulfide) groups is 1. The zero-order valence-corrected chi connectivity index (χ0v) is 23.9. The van der Waals surface area contributed by atoms with Gasteiger partial charge >= 0.3 is 0 Å². The van der Waals surface area contributed by atoms with E-state index >= 15 is 0 Å². The molecule has 0 spiro atoms. The van der Waals surface area contributed by atoms with Crippen LogP contribution in [0.2, 0.25) is 0 Å². The molecular formula is C31H62OS. The summed E-state index contributed by atoms with van der Waals surface area (Å²) in [5, 5.41) is 0.949. The van der Waals surface area contributed by atoms with E-state index in [1.807, 2.05) is 0 Å². The van der Waals surface area contributed by atoms with Gasteiger partial charge < -0.3 is 4.74 Å². The topological polar surface area (TPSA) is 9.23 Å². The number of rotatable bonds is 25. The molecule has 1 nitrogen and oxygen atoms in total. The molecule has 0 aromatic heterocycles. The molecule has 1 aliphatic heterocycles. The van der Waals surface area contributed by atoms with Crippen molar-refractivity contribution in [3.05, 3.63) is 0 Å². The van der Waals surface area contributed by atoms with Crippen LogP contribution in [-0.2, 0) is 4.74 Å². The lowest BCUT2D eigenvalue weighted by atomic mass is 10.0. The molecular weight excluding hydrogens is 420 g/mol. The second kappa shape index (κ2) is 25.4. The smallest absolute Gasteiger partial charge is 0.0575 e. The minimum absolute atomic E-state index is 0.596. The molecule has 0 amide bonds. The van der Waals surface area contributed by atoms with Crippen molar-refractivity contribution in [2.45, 2.75) is 186 Å². The molecule has 2 heteroatoms. The quantitative estimate of drug-likeness (QED) is 0.120. The molecule has 0 aromatic carbocycles. The standard InChI is InChI=1S/C31H62OS/c1-3-5-7-8-13-17-20-27-31(26-6-4-2)33-29-23-18-15-12-10-9-11-14-16-19-24-30-25-21-22-28-32-30/h30-31H,3-29H2,1-2H3. The van der Waals surface area contributed by atoms with Crippen LogP contribution in [0.5, 0.6) is 0 Å². The van der Waals surface area contributed by atoms with Crippen molar-refractivity contribution in [3.8, 4) is 0 Å². The van der Waals surface area contributed by atoms with Gasteiger partial charge in [0.15, 0.2) is 0 Å². The Bertz CT molecular complexity index is 366. The summed E-state index contributed by atoms with van der Waals surface area (Å²) in [6.07, 6.45) is 36.3. The lowest BCUT2D eigenvalue weighted by molar-refractivity contribution is 0.00977. The Morgan fingerprint density at radius 3 is 1.76 bits per heavy atom. The van der Waals surface area contributed by atoms with Crippen molar-refractivity contribution >= 4 is 11.8 Å². The first-order valence-corrected chi connectivity index (χ1v) is 16.6. The lowest BCUT2D eigenvalue weighted by Gasteiger charge is -2.22. The summed E-state index contributed by atoms with van der Waals surface area (Å²) in [6, 6.07) is 0. The third-order valence-electron chi connectivity index (χ3n) is 7.56. The van der Waals surface area contributed by atoms with Gasteiger partial charge in [0, 0.05) is 11.9 Å². The van der Waals surface area contributed by atoms with Crippen molar-refractivity contribution < 1.29 is 4.74 Å². The van der Waals surface area contributed by atoms with E-state index in [1.165, 1.54) is 166 Å². The SMILES string of the molecule is CCCCCCCCCC(CCCC)SCCCCCCCCCCCCC1CCCCO1. The van der Waals surface area contributed by atoms with Crippen molar-refractivity contribution in [2.24, 2.45) is 0 Å². The average Bonchev–Trinajstić information content (AvgIpc) is 2.84. The summed E-state index contributed by atoms with van der Waals surface area (Å²) >= 11 is 2.31. The van der Waals surface area contributed by atoms with Crippen LogP contribution < -0.4 is 0 Å². The molecule has 1 fully saturated rings. The highest BCUT2D eigenvalue weighted by molar-refractivity contribution is 7.99. The van der Waals surface area contributed by atoms with Crippen LogP contribution >= 0.6 is 11.8 Å². The fourth-order valence-corrected chi connectivity index (χ4v) is 6.62. The van der Waals surface area contributed by atoms with Crippen LogP contribution in [0, 0.1) is 0 Å². The second-order valence-electron chi connectivity index (χ2n) is 10.9. The van der Waals surface area contributed by atoms with Crippen molar-refractivity contribution in [3.63, 3.8) is 0 Å². The van der Waals surface area contributed by atoms with E-state index in [4.69, 9.17) is 4.74 Å². The van der Waals surface area contributed by atoms with E-state index < -0.39 is 0 Å². The van der Waals surface area contributed by atoms with Gasteiger partial charge in [-0.05, 0) is 50.7 Å². The average molecular weight is 483 g/mol. The lowest BCUT2D eigenvalue weighted by Crippen LogP contribution is -2.18. The molecule has 0 aromatic rings. The molecule has 0 bridgehead atoms. The molecule has 0 N–H and O–H groups in total. The molecule has 0 saturated carbocycles. The zero-order chi connectivity index (χ0) is 23.7. The number of hydrogen-bond donors (Lipinski definition) is 0. The molecule has 0 radical (unpaired) electrons.